The number of hydrogen-bond donors (Lipinski definition) is 1. The van der Waals surface area contributed by atoms with Crippen LogP contribution in [0.25, 0.3) is 5.57 Å². The van der Waals surface area contributed by atoms with Gasteiger partial charge in [0.1, 0.15) is 0 Å². The zero-order chi connectivity index (χ0) is 16.2. The third-order valence-corrected chi connectivity index (χ3v) is 4.03. The van der Waals surface area contributed by atoms with E-state index in [1.165, 1.54) is 4.90 Å². The molecule has 0 fully saturated rings. The average Bonchev–Trinajstić information content (AvgIpc) is 2.58. The Balaban J connectivity index is 1.84. The summed E-state index contributed by atoms with van der Waals surface area (Å²) in [6, 6.07) is 13.2. The maximum atomic E-state index is 12.1. The van der Waals surface area contributed by atoms with Crippen molar-refractivity contribution in [3.05, 3.63) is 76.2 Å². The molecule has 0 bridgehead atoms. The van der Waals surface area contributed by atoms with Crippen molar-refractivity contribution in [1.29, 1.82) is 0 Å². The molecule has 5 nitrogen and oxygen atoms in total. The average molecular weight is 310 g/mol. The van der Waals surface area contributed by atoms with Gasteiger partial charge < -0.3 is 14.6 Å². The second-order valence-corrected chi connectivity index (χ2v) is 5.58. The van der Waals surface area contributed by atoms with Gasteiger partial charge in [-0.2, -0.15) is 0 Å². The summed E-state index contributed by atoms with van der Waals surface area (Å²) in [5, 5.41) is 8.99. The van der Waals surface area contributed by atoms with Crippen LogP contribution in [0.5, 0.6) is 0 Å². The Morgan fingerprint density at radius 3 is 2.57 bits per heavy atom. The van der Waals surface area contributed by atoms with Gasteiger partial charge in [-0.05, 0) is 29.2 Å². The van der Waals surface area contributed by atoms with Crippen molar-refractivity contribution in [1.82, 2.24) is 9.47 Å². The molecule has 1 aromatic carbocycles. The van der Waals surface area contributed by atoms with Gasteiger partial charge >= 0.3 is 6.09 Å². The first-order chi connectivity index (χ1) is 11.1. The highest BCUT2D eigenvalue weighted by Gasteiger charge is 2.17. The van der Waals surface area contributed by atoms with Gasteiger partial charge in [-0.1, -0.05) is 36.4 Å². The SMILES string of the molecule is O=C(O)N1CC=C(c2ccc(=O)n(Cc3ccccc3)c2)CC1. The summed E-state index contributed by atoms with van der Waals surface area (Å²) in [5.74, 6) is 0. The Morgan fingerprint density at radius 2 is 1.91 bits per heavy atom. The number of aromatic nitrogens is 1. The van der Waals surface area contributed by atoms with Crippen LogP contribution in [0.3, 0.4) is 0 Å². The van der Waals surface area contributed by atoms with Crippen LogP contribution in [0.15, 0.2) is 59.5 Å². The van der Waals surface area contributed by atoms with E-state index in [2.05, 4.69) is 0 Å². The van der Waals surface area contributed by atoms with Crippen LogP contribution in [-0.2, 0) is 6.54 Å². The molecular weight excluding hydrogens is 292 g/mol. The molecule has 0 spiro atoms. The van der Waals surface area contributed by atoms with E-state index in [-0.39, 0.29) is 5.56 Å². The van der Waals surface area contributed by atoms with Crippen LogP contribution >= 0.6 is 0 Å². The third kappa shape index (κ3) is 3.51. The summed E-state index contributed by atoms with van der Waals surface area (Å²) in [6.07, 6.45) is 3.55. The number of amides is 1. The first-order valence-corrected chi connectivity index (χ1v) is 7.55. The number of rotatable bonds is 3. The zero-order valence-electron chi connectivity index (χ0n) is 12.7. The Morgan fingerprint density at radius 1 is 1.13 bits per heavy atom. The molecule has 1 amide bonds. The fourth-order valence-corrected chi connectivity index (χ4v) is 2.73. The fourth-order valence-electron chi connectivity index (χ4n) is 2.73. The first kappa shape index (κ1) is 15.1. The van der Waals surface area contributed by atoms with E-state index in [0.29, 0.717) is 26.1 Å². The van der Waals surface area contributed by atoms with Crippen molar-refractivity contribution in [3.63, 3.8) is 0 Å². The highest BCUT2D eigenvalue weighted by atomic mass is 16.4. The van der Waals surface area contributed by atoms with Crippen LogP contribution in [0.2, 0.25) is 0 Å². The summed E-state index contributed by atoms with van der Waals surface area (Å²) in [7, 11) is 0. The molecule has 0 atom stereocenters. The van der Waals surface area contributed by atoms with E-state index < -0.39 is 6.09 Å². The van der Waals surface area contributed by atoms with E-state index in [0.717, 1.165) is 16.7 Å². The molecule has 5 heteroatoms. The van der Waals surface area contributed by atoms with E-state index in [9.17, 15) is 9.59 Å². The van der Waals surface area contributed by atoms with Gasteiger partial charge in [0.25, 0.3) is 5.56 Å². The maximum Gasteiger partial charge on any atom is 0.407 e. The molecule has 0 unspecified atom stereocenters. The Bertz CT molecular complexity index is 793. The fraction of sp³-hybridized carbons (Fsp3) is 0.222. The molecule has 0 saturated carbocycles. The minimum atomic E-state index is -0.894. The molecule has 1 aliphatic rings. The molecule has 0 aliphatic carbocycles. The number of pyridine rings is 1. The first-order valence-electron chi connectivity index (χ1n) is 7.55. The lowest BCUT2D eigenvalue weighted by Crippen LogP contribution is -2.33. The number of carboxylic acid groups (broad SMARTS) is 1. The second-order valence-electron chi connectivity index (χ2n) is 5.58. The lowest BCUT2D eigenvalue weighted by molar-refractivity contribution is 0.150. The second kappa shape index (κ2) is 6.52. The normalized spacial score (nSPS) is 14.4. The lowest BCUT2D eigenvalue weighted by atomic mass is 10.0. The number of nitrogens with zero attached hydrogens (tertiary/aromatic N) is 2. The quantitative estimate of drug-likeness (QED) is 0.948. The predicted molar refractivity (Wildman–Crippen MR) is 88.4 cm³/mol. The van der Waals surface area contributed by atoms with Crippen molar-refractivity contribution in [3.8, 4) is 0 Å². The summed E-state index contributed by atoms with van der Waals surface area (Å²) in [5.41, 5.74) is 3.09. The van der Waals surface area contributed by atoms with E-state index in [1.54, 1.807) is 10.6 Å². The monoisotopic (exact) mass is 310 g/mol. The van der Waals surface area contributed by atoms with Crippen LogP contribution in [0.1, 0.15) is 17.5 Å². The van der Waals surface area contributed by atoms with E-state index in [4.69, 9.17) is 5.11 Å². The lowest BCUT2D eigenvalue weighted by Gasteiger charge is -2.24. The van der Waals surface area contributed by atoms with E-state index in [1.807, 2.05) is 48.7 Å². The number of hydrogen-bond acceptors (Lipinski definition) is 2. The Kier molecular flexibility index (Phi) is 4.28. The molecular formula is C18H18N2O3. The third-order valence-electron chi connectivity index (χ3n) is 4.03. The minimum Gasteiger partial charge on any atom is -0.465 e. The maximum absolute atomic E-state index is 12.1. The topological polar surface area (TPSA) is 62.5 Å². The minimum absolute atomic E-state index is 0.0406. The van der Waals surface area contributed by atoms with Gasteiger partial charge in [0.15, 0.2) is 0 Å². The van der Waals surface area contributed by atoms with Crippen LogP contribution < -0.4 is 5.56 Å². The van der Waals surface area contributed by atoms with Crippen LogP contribution in [0.4, 0.5) is 4.79 Å². The van der Waals surface area contributed by atoms with Gasteiger partial charge in [0.2, 0.25) is 0 Å². The number of carbonyl (C=O) groups is 1. The van der Waals surface area contributed by atoms with Gasteiger partial charge in [-0.25, -0.2) is 4.79 Å². The van der Waals surface area contributed by atoms with Gasteiger partial charge in [-0.3, -0.25) is 4.79 Å². The number of benzene rings is 1. The van der Waals surface area contributed by atoms with Crippen molar-refractivity contribution in [2.75, 3.05) is 13.1 Å². The van der Waals surface area contributed by atoms with Gasteiger partial charge in [0, 0.05) is 25.4 Å². The van der Waals surface area contributed by atoms with Crippen molar-refractivity contribution >= 4 is 11.7 Å². The predicted octanol–water partition coefficient (Wildman–Crippen LogP) is 2.66. The van der Waals surface area contributed by atoms with Crippen LogP contribution in [0, 0.1) is 0 Å². The van der Waals surface area contributed by atoms with Crippen molar-refractivity contribution in [2.45, 2.75) is 13.0 Å². The molecule has 3 rings (SSSR count). The molecule has 1 aliphatic heterocycles. The molecule has 2 heterocycles. The molecule has 0 radical (unpaired) electrons. The Hall–Kier alpha value is -2.82. The van der Waals surface area contributed by atoms with Gasteiger partial charge in [0.05, 0.1) is 6.54 Å². The van der Waals surface area contributed by atoms with Crippen LogP contribution in [-0.4, -0.2) is 33.8 Å². The summed E-state index contributed by atoms with van der Waals surface area (Å²) < 4.78 is 1.69. The largest absolute Gasteiger partial charge is 0.465 e. The summed E-state index contributed by atoms with van der Waals surface area (Å²) in [6.45, 7) is 1.41. The Labute approximate surface area is 134 Å². The highest BCUT2D eigenvalue weighted by molar-refractivity contribution is 5.70. The molecule has 23 heavy (non-hydrogen) atoms. The van der Waals surface area contributed by atoms with E-state index >= 15 is 0 Å². The summed E-state index contributed by atoms with van der Waals surface area (Å²) >= 11 is 0. The van der Waals surface area contributed by atoms with Gasteiger partial charge in [-0.15, -0.1) is 0 Å². The molecule has 1 aromatic heterocycles. The van der Waals surface area contributed by atoms with Crippen molar-refractivity contribution < 1.29 is 9.90 Å². The summed E-state index contributed by atoms with van der Waals surface area (Å²) in [4.78, 5) is 24.4. The zero-order valence-corrected chi connectivity index (χ0v) is 12.7. The standard InChI is InChI=1S/C18H18N2O3/c21-17-7-6-16(15-8-10-19(11-9-15)18(22)23)13-20(17)12-14-4-2-1-3-5-14/h1-8,13H,9-12H2,(H,22,23). The molecule has 118 valence electrons. The molecule has 0 saturated heterocycles. The van der Waals surface area contributed by atoms with Crippen molar-refractivity contribution in [2.24, 2.45) is 0 Å². The smallest absolute Gasteiger partial charge is 0.407 e. The molecule has 1 N–H and O–H groups in total. The molecule has 2 aromatic rings. The highest BCUT2D eigenvalue weighted by Crippen LogP contribution is 2.21.